The van der Waals surface area contributed by atoms with Gasteiger partial charge in [0, 0.05) is 23.6 Å². The molecule has 0 bridgehead atoms. The second kappa shape index (κ2) is 8.86. The molecule has 0 atom stereocenters. The topological polar surface area (TPSA) is 55.6 Å². The summed E-state index contributed by atoms with van der Waals surface area (Å²) in [5.74, 6) is -0.326. The number of carbonyl (C=O) groups excluding carboxylic acids is 1. The number of ether oxygens (including phenoxy) is 1. The molecule has 166 valence electrons. The molecular weight excluding hydrogens is 432 g/mol. The van der Waals surface area contributed by atoms with Crippen LogP contribution in [-0.2, 0) is 11.3 Å². The van der Waals surface area contributed by atoms with Crippen LogP contribution in [0.15, 0.2) is 46.8 Å². The Morgan fingerprint density at radius 2 is 1.97 bits per heavy atom. The zero-order chi connectivity index (χ0) is 22.1. The molecule has 2 heterocycles. The van der Waals surface area contributed by atoms with Crippen molar-refractivity contribution in [2.45, 2.75) is 38.6 Å². The lowest BCUT2D eigenvalue weighted by Gasteiger charge is -2.23. The summed E-state index contributed by atoms with van der Waals surface area (Å²) >= 11 is 1.42. The van der Waals surface area contributed by atoms with Gasteiger partial charge in [-0.25, -0.2) is 13.8 Å². The molecule has 2 aromatic carbocycles. The van der Waals surface area contributed by atoms with Gasteiger partial charge in [-0.3, -0.25) is 4.79 Å². The van der Waals surface area contributed by atoms with E-state index < -0.39 is 11.6 Å². The molecule has 1 saturated carbocycles. The first-order valence-electron chi connectivity index (χ1n) is 10.8. The molecule has 5 nitrogen and oxygen atoms in total. The zero-order valence-corrected chi connectivity index (χ0v) is 18.3. The number of thiazole rings is 1. The van der Waals surface area contributed by atoms with E-state index in [1.54, 1.807) is 0 Å². The van der Waals surface area contributed by atoms with Crippen LogP contribution >= 0.6 is 11.3 Å². The summed E-state index contributed by atoms with van der Waals surface area (Å²) in [6.07, 6.45) is 6.00. The number of halogens is 2. The minimum absolute atomic E-state index is 0.0126. The van der Waals surface area contributed by atoms with E-state index in [1.165, 1.54) is 42.7 Å². The van der Waals surface area contributed by atoms with E-state index in [0.717, 1.165) is 36.7 Å². The van der Waals surface area contributed by atoms with Crippen LogP contribution in [0.2, 0.25) is 0 Å². The number of amides is 1. The fraction of sp³-hybridized carbons (Fsp3) is 0.333. The van der Waals surface area contributed by atoms with Crippen LogP contribution in [0.3, 0.4) is 0 Å². The van der Waals surface area contributed by atoms with Gasteiger partial charge in [-0.05, 0) is 49.1 Å². The highest BCUT2D eigenvalue weighted by Gasteiger charge is 2.20. The normalized spacial score (nSPS) is 17.1. The lowest BCUT2D eigenvalue weighted by Crippen LogP contribution is -2.25. The van der Waals surface area contributed by atoms with Gasteiger partial charge in [0.05, 0.1) is 11.4 Å². The Balaban J connectivity index is 1.59. The van der Waals surface area contributed by atoms with Gasteiger partial charge < -0.3 is 14.6 Å². The first kappa shape index (κ1) is 20.9. The molecule has 3 aromatic rings. The summed E-state index contributed by atoms with van der Waals surface area (Å²) < 4.78 is 35.2. The number of anilines is 1. The third kappa shape index (κ3) is 4.32. The Hall–Kier alpha value is -3.00. The highest BCUT2D eigenvalue weighted by molar-refractivity contribution is 7.07. The molecule has 1 aromatic heterocycles. The predicted molar refractivity (Wildman–Crippen MR) is 120 cm³/mol. The summed E-state index contributed by atoms with van der Waals surface area (Å²) in [6.45, 7) is 0.791. The minimum atomic E-state index is -0.683. The van der Waals surface area contributed by atoms with Crippen LogP contribution in [0.1, 0.15) is 32.1 Å². The zero-order valence-electron chi connectivity index (χ0n) is 17.4. The van der Waals surface area contributed by atoms with Gasteiger partial charge in [0.1, 0.15) is 17.3 Å². The van der Waals surface area contributed by atoms with Gasteiger partial charge in [0.25, 0.3) is 5.91 Å². The Morgan fingerprint density at radius 1 is 1.12 bits per heavy atom. The van der Waals surface area contributed by atoms with Crippen molar-refractivity contribution < 1.29 is 18.3 Å². The standard InChI is InChI=1S/C24H23F2N3O2S/c25-17-7-8-19(18(26)11-17)28-24-29(12-15-4-2-1-3-5-15)21(14-32-24)16-6-9-22-20(10-16)27-23(30)13-31-22/h6-11,14-15H,1-5,12-13H2,(H,27,30). The van der Waals surface area contributed by atoms with Gasteiger partial charge in [-0.2, -0.15) is 0 Å². The average Bonchev–Trinajstić information content (AvgIpc) is 3.18. The molecular formula is C24H23F2N3O2S. The fourth-order valence-electron chi connectivity index (χ4n) is 4.37. The Kier molecular flexibility index (Phi) is 5.78. The maximum absolute atomic E-state index is 14.3. The van der Waals surface area contributed by atoms with Crippen LogP contribution in [0.4, 0.5) is 20.2 Å². The lowest BCUT2D eigenvalue weighted by atomic mass is 9.89. The first-order chi connectivity index (χ1) is 15.6. The largest absolute Gasteiger partial charge is 0.482 e. The van der Waals surface area contributed by atoms with E-state index in [2.05, 4.69) is 14.9 Å². The molecule has 0 spiro atoms. The summed E-state index contributed by atoms with van der Waals surface area (Å²) in [5, 5.41) is 4.85. The number of carbonyl (C=O) groups is 1. The molecule has 1 aliphatic carbocycles. The quantitative estimate of drug-likeness (QED) is 0.554. The summed E-state index contributed by atoms with van der Waals surface area (Å²) in [4.78, 5) is 16.9. The molecule has 32 heavy (non-hydrogen) atoms. The SMILES string of the molecule is O=C1COc2ccc(-c3csc(=Nc4ccc(F)cc4F)n3CC3CCCCC3)cc2N1. The van der Waals surface area contributed by atoms with E-state index in [9.17, 15) is 13.6 Å². The van der Waals surface area contributed by atoms with Crippen LogP contribution in [0.25, 0.3) is 11.3 Å². The molecule has 1 fully saturated rings. The summed E-state index contributed by atoms with van der Waals surface area (Å²) in [5.41, 5.74) is 2.62. The Labute approximate surface area is 188 Å². The summed E-state index contributed by atoms with van der Waals surface area (Å²) in [6, 6.07) is 9.13. The Morgan fingerprint density at radius 3 is 2.78 bits per heavy atom. The van der Waals surface area contributed by atoms with Gasteiger partial charge in [0.2, 0.25) is 0 Å². The van der Waals surface area contributed by atoms with Crippen LogP contribution in [0, 0.1) is 17.6 Å². The van der Waals surface area contributed by atoms with Crippen molar-refractivity contribution in [2.75, 3.05) is 11.9 Å². The molecule has 0 radical (unpaired) electrons. The number of benzene rings is 2. The van der Waals surface area contributed by atoms with Crippen molar-refractivity contribution in [3.05, 3.63) is 58.2 Å². The number of aromatic nitrogens is 1. The van der Waals surface area contributed by atoms with Crippen LogP contribution < -0.4 is 14.9 Å². The van der Waals surface area contributed by atoms with E-state index in [0.29, 0.717) is 22.2 Å². The van der Waals surface area contributed by atoms with E-state index in [4.69, 9.17) is 4.74 Å². The predicted octanol–water partition coefficient (Wildman–Crippen LogP) is 5.64. The second-order valence-corrected chi connectivity index (χ2v) is 9.11. The van der Waals surface area contributed by atoms with Crippen LogP contribution in [0.5, 0.6) is 5.75 Å². The smallest absolute Gasteiger partial charge is 0.262 e. The van der Waals surface area contributed by atoms with E-state index in [1.807, 2.05) is 23.6 Å². The maximum atomic E-state index is 14.3. The van der Waals surface area contributed by atoms with Crippen molar-refractivity contribution >= 4 is 28.6 Å². The first-order valence-corrected chi connectivity index (χ1v) is 11.7. The average molecular weight is 456 g/mol. The van der Waals surface area contributed by atoms with Crippen LogP contribution in [-0.4, -0.2) is 17.1 Å². The molecule has 5 rings (SSSR count). The lowest BCUT2D eigenvalue weighted by molar-refractivity contribution is -0.118. The molecule has 0 unspecified atom stereocenters. The molecule has 8 heteroatoms. The molecule has 1 aliphatic heterocycles. The minimum Gasteiger partial charge on any atom is -0.482 e. The highest BCUT2D eigenvalue weighted by Crippen LogP contribution is 2.34. The van der Waals surface area contributed by atoms with Gasteiger partial charge >= 0.3 is 0 Å². The molecule has 2 aliphatic rings. The fourth-order valence-corrected chi connectivity index (χ4v) is 5.30. The van der Waals surface area contributed by atoms with Crippen molar-refractivity contribution in [1.29, 1.82) is 0 Å². The number of fused-ring (bicyclic) bond motifs is 1. The van der Waals surface area contributed by atoms with E-state index >= 15 is 0 Å². The van der Waals surface area contributed by atoms with Gasteiger partial charge in [0.15, 0.2) is 17.2 Å². The van der Waals surface area contributed by atoms with E-state index in [-0.39, 0.29) is 18.2 Å². The third-order valence-electron chi connectivity index (χ3n) is 6.00. The van der Waals surface area contributed by atoms with Crippen molar-refractivity contribution in [3.8, 4) is 17.0 Å². The van der Waals surface area contributed by atoms with Gasteiger partial charge in [-0.15, -0.1) is 11.3 Å². The van der Waals surface area contributed by atoms with Crippen molar-refractivity contribution in [2.24, 2.45) is 10.9 Å². The van der Waals surface area contributed by atoms with Crippen molar-refractivity contribution in [1.82, 2.24) is 4.57 Å². The number of nitrogens with one attached hydrogen (secondary N) is 1. The molecule has 1 N–H and O–H groups in total. The number of hydrogen-bond acceptors (Lipinski definition) is 4. The summed E-state index contributed by atoms with van der Waals surface area (Å²) in [7, 11) is 0. The highest BCUT2D eigenvalue weighted by atomic mass is 32.1. The number of rotatable bonds is 4. The number of nitrogens with zero attached hydrogens (tertiary/aromatic N) is 2. The molecule has 1 amide bonds. The van der Waals surface area contributed by atoms with Gasteiger partial charge in [-0.1, -0.05) is 19.3 Å². The monoisotopic (exact) mass is 455 g/mol. The maximum Gasteiger partial charge on any atom is 0.262 e. The number of hydrogen-bond donors (Lipinski definition) is 1. The third-order valence-corrected chi connectivity index (χ3v) is 6.86. The van der Waals surface area contributed by atoms with Crippen molar-refractivity contribution in [3.63, 3.8) is 0 Å². The molecule has 0 saturated heterocycles. The Bertz CT molecular complexity index is 1230. The second-order valence-electron chi connectivity index (χ2n) is 8.27.